The molecule has 3 aromatic heterocycles. The van der Waals surface area contributed by atoms with E-state index >= 15 is 0 Å². The molecule has 2 aliphatic heterocycles. The van der Waals surface area contributed by atoms with Gasteiger partial charge in [-0.25, -0.2) is 9.97 Å². The van der Waals surface area contributed by atoms with Crippen LogP contribution >= 0.6 is 0 Å². The minimum absolute atomic E-state index is 0. The maximum Gasteiger partial charge on any atom is 0.135 e. The van der Waals surface area contributed by atoms with Crippen molar-refractivity contribution >= 4 is 55.6 Å². The minimum atomic E-state index is 0. The van der Waals surface area contributed by atoms with Crippen LogP contribution in [-0.2, 0) is 39.4 Å². The Morgan fingerprint density at radius 3 is 1.90 bits per heavy atom. The van der Waals surface area contributed by atoms with Crippen LogP contribution in [0.3, 0.4) is 0 Å². The minimum Gasteiger partial charge on any atom is -0.509 e. The third-order valence-electron chi connectivity index (χ3n) is 17.1. The van der Waals surface area contributed by atoms with Gasteiger partial charge < -0.3 is 23.7 Å². The van der Waals surface area contributed by atoms with Crippen molar-refractivity contribution in [1.82, 2.24) is 19.1 Å². The summed E-state index contributed by atoms with van der Waals surface area (Å²) in [5.41, 5.74) is 22.3. The zero-order valence-corrected chi connectivity index (χ0v) is 51.2. The number of rotatable bonds is 11. The van der Waals surface area contributed by atoms with Gasteiger partial charge >= 0.3 is 0 Å². The third kappa shape index (κ3) is 9.70. The second-order valence-corrected chi connectivity index (χ2v) is 24.2. The number of hydrogen-bond donors (Lipinski definition) is 0. The van der Waals surface area contributed by atoms with Crippen LogP contribution in [0.1, 0.15) is 101 Å². The van der Waals surface area contributed by atoms with E-state index in [0.717, 1.165) is 138 Å². The maximum atomic E-state index is 7.23. The molecule has 0 unspecified atom stereocenters. The fraction of sp³-hybridized carbons (Fsp3) is 0.197. The Balaban J connectivity index is 0.00000658. The smallest absolute Gasteiger partial charge is 0.135 e. The number of anilines is 4. The van der Waals surface area contributed by atoms with E-state index in [-0.39, 0.29) is 38.3 Å². The van der Waals surface area contributed by atoms with Gasteiger partial charge in [0.1, 0.15) is 11.6 Å². The molecule has 2 aliphatic rings. The Bertz CT molecular complexity index is 4370. The number of aryl methyl sites for hydroxylation is 3. The van der Waals surface area contributed by atoms with Crippen LogP contribution in [0.15, 0.2) is 194 Å². The number of para-hydroxylation sites is 2. The zero-order valence-electron chi connectivity index (χ0n) is 48.9. The predicted octanol–water partition coefficient (Wildman–Crippen LogP) is 20.2. The van der Waals surface area contributed by atoms with Gasteiger partial charge in [-0.1, -0.05) is 194 Å². The van der Waals surface area contributed by atoms with E-state index in [1.54, 1.807) is 0 Å². The number of nitrogens with zero attached hydrogens (tertiary/aromatic N) is 6. The largest absolute Gasteiger partial charge is 0.509 e. The molecule has 7 nitrogen and oxygen atoms in total. The first-order valence-electron chi connectivity index (χ1n) is 29.5. The van der Waals surface area contributed by atoms with Crippen molar-refractivity contribution in [2.24, 2.45) is 0 Å². The molecule has 0 radical (unpaired) electrons. The van der Waals surface area contributed by atoms with Gasteiger partial charge in [0, 0.05) is 91.0 Å². The quantitative estimate of drug-likeness (QED) is 0.121. The molecule has 420 valence electrons. The average Bonchev–Trinajstić information content (AvgIpc) is 1.87. The van der Waals surface area contributed by atoms with Gasteiger partial charge in [-0.2, -0.15) is 6.07 Å². The van der Waals surface area contributed by atoms with E-state index in [1.165, 1.54) is 22.3 Å². The van der Waals surface area contributed by atoms with E-state index in [2.05, 4.69) is 275 Å². The Hall–Kier alpha value is -8.51. The summed E-state index contributed by atoms with van der Waals surface area (Å²) in [6, 6.07) is 75.8. The molecule has 84 heavy (non-hydrogen) atoms. The fourth-order valence-electron chi connectivity index (χ4n) is 12.8. The Morgan fingerprint density at radius 1 is 0.571 bits per heavy atom. The first-order chi connectivity index (χ1) is 40.3. The molecule has 14 rings (SSSR count). The number of imidazole rings is 1. The Labute approximate surface area is 508 Å². The van der Waals surface area contributed by atoms with Gasteiger partial charge in [-0.05, 0) is 111 Å². The van der Waals surface area contributed by atoms with Crippen molar-refractivity contribution in [3.05, 3.63) is 241 Å². The second-order valence-electron chi connectivity index (χ2n) is 24.2. The topological polar surface area (TPSA) is 51.4 Å². The molecule has 9 aromatic carbocycles. The molecule has 0 atom stereocenters. The van der Waals surface area contributed by atoms with E-state index in [4.69, 9.17) is 14.7 Å². The summed E-state index contributed by atoms with van der Waals surface area (Å²) in [7, 11) is 0. The summed E-state index contributed by atoms with van der Waals surface area (Å²) in [4.78, 5) is 15.3. The molecule has 12 aromatic rings. The van der Waals surface area contributed by atoms with E-state index < -0.39 is 0 Å². The van der Waals surface area contributed by atoms with Crippen molar-refractivity contribution in [1.29, 1.82) is 0 Å². The molecule has 8 heteroatoms. The first-order valence-corrected chi connectivity index (χ1v) is 29.5. The van der Waals surface area contributed by atoms with Crippen molar-refractivity contribution in [3.63, 3.8) is 0 Å². The van der Waals surface area contributed by atoms with Crippen molar-refractivity contribution in [2.75, 3.05) is 9.80 Å². The van der Waals surface area contributed by atoms with E-state index in [0.29, 0.717) is 11.5 Å². The molecule has 0 saturated heterocycles. The molecule has 0 spiro atoms. The second kappa shape index (κ2) is 21.9. The Morgan fingerprint density at radius 2 is 1.23 bits per heavy atom. The van der Waals surface area contributed by atoms with Crippen molar-refractivity contribution < 1.29 is 25.8 Å². The molecule has 0 bridgehead atoms. The number of hydrogen-bond acceptors (Lipinski definition) is 5. The number of aromatic nitrogens is 4. The Kier molecular flexibility index (Phi) is 14.3. The summed E-state index contributed by atoms with van der Waals surface area (Å²) in [6.45, 7) is 21.3. The van der Waals surface area contributed by atoms with Gasteiger partial charge in [0.05, 0.1) is 11.0 Å². The normalized spacial score (nSPS) is 13.3. The van der Waals surface area contributed by atoms with E-state index in [1.807, 2.05) is 12.3 Å². The fourth-order valence-corrected chi connectivity index (χ4v) is 12.8. The van der Waals surface area contributed by atoms with Crippen LogP contribution in [-0.4, -0.2) is 19.1 Å². The third-order valence-corrected chi connectivity index (χ3v) is 17.1. The molecule has 0 saturated carbocycles. The van der Waals surface area contributed by atoms with Gasteiger partial charge in [-0.3, -0.25) is 0 Å². The summed E-state index contributed by atoms with van der Waals surface area (Å²) < 4.78 is 11.9. The molecule has 0 aliphatic carbocycles. The average molecular weight is 1280 g/mol. The first kappa shape index (κ1) is 54.7. The summed E-state index contributed by atoms with van der Waals surface area (Å²) >= 11 is 0. The van der Waals surface area contributed by atoms with Crippen LogP contribution in [0.4, 0.5) is 22.7 Å². The van der Waals surface area contributed by atoms with Crippen LogP contribution in [0, 0.1) is 25.7 Å². The van der Waals surface area contributed by atoms with Crippen LogP contribution < -0.4 is 14.5 Å². The molecule has 0 N–H and O–H groups in total. The van der Waals surface area contributed by atoms with Crippen molar-refractivity contribution in [3.8, 4) is 61.8 Å². The summed E-state index contributed by atoms with van der Waals surface area (Å²) in [5, 5.41) is 2.19. The van der Waals surface area contributed by atoms with Gasteiger partial charge in [0.2, 0.25) is 0 Å². The van der Waals surface area contributed by atoms with Gasteiger partial charge in [0.25, 0.3) is 0 Å². The monoisotopic (exact) mass is 1270 g/mol. The molecular formula is C76H67N6OPt-3. The van der Waals surface area contributed by atoms with E-state index in [9.17, 15) is 0 Å². The van der Waals surface area contributed by atoms with Crippen LogP contribution in [0.2, 0.25) is 0 Å². The summed E-state index contributed by atoms with van der Waals surface area (Å²) in [5.74, 6) is 3.67. The summed E-state index contributed by atoms with van der Waals surface area (Å²) in [6.07, 6.45) is 5.27. The van der Waals surface area contributed by atoms with Gasteiger partial charge in [-0.15, -0.1) is 53.6 Å². The number of pyridine rings is 1. The predicted molar refractivity (Wildman–Crippen MR) is 344 cm³/mol. The standard InChI is InChI=1S/C76H67N6O.Pt/c1-48(2)59-26-19-27-60(49(3)4)74(59)54-40-56(42-58(41-54)83-57-36-37-64-63-25-15-16-30-67(63)82(68(64)43-57)73-39-50(5)65(46-77-73)53-32-34-55(35-33-53)76(6,7)8)80-47-81(71-45-69-66(44-70(71)80)78-72-31-17-18-38-79(69)72)75-61(51-21-11-9-12-22-51)28-20-29-62(75)52-23-13-10-14-24-52;/h9-16,19-30,32-37,39-41,44-49H,17-18,31,38H2,1-8H3;/q-3;. The van der Waals surface area contributed by atoms with Crippen LogP contribution in [0.25, 0.3) is 83.2 Å². The zero-order chi connectivity index (χ0) is 56.7. The maximum absolute atomic E-state index is 7.23. The van der Waals surface area contributed by atoms with Crippen LogP contribution in [0.5, 0.6) is 11.5 Å². The molecule has 5 heterocycles. The van der Waals surface area contributed by atoms with Gasteiger partial charge in [0.15, 0.2) is 0 Å². The number of benzene rings is 9. The molecule has 0 fully saturated rings. The molecule has 0 amide bonds. The van der Waals surface area contributed by atoms with Crippen molar-refractivity contribution in [2.45, 2.75) is 98.4 Å². The number of ether oxygens (including phenoxy) is 1. The SMILES string of the molecule is Cc1cc(-n2c3[c-]c(Oc4[c-]c(N5[CH-]N(c6c(-c7ccccc7)cccc6-c6ccccc6)c6cc7c(cc65)nc5n7CCCC5)cc(-c5c(C(C)C)cccc5C(C)C)c4)ccc3c3ccccc32)ncc1-c1ccc(C(C)(C)C)cc1.[Pt]. The number of fused-ring (bicyclic) bond motifs is 7. The molecular weight excluding hydrogens is 1210 g/mol.